The Hall–Kier alpha value is -1.75. The molecule has 0 unspecified atom stereocenters. The van der Waals surface area contributed by atoms with Crippen LogP contribution in [0.5, 0.6) is 0 Å². The van der Waals surface area contributed by atoms with E-state index in [9.17, 15) is 4.39 Å². The molecular formula is C9H7FN2O2. The Bertz CT molecular complexity index is 442. The Balaban J connectivity index is 2.39. The van der Waals surface area contributed by atoms with Crippen LogP contribution in [0.25, 0.3) is 11.5 Å². The smallest absolute Gasteiger partial charge is 0.258 e. The van der Waals surface area contributed by atoms with Crippen molar-refractivity contribution in [1.29, 1.82) is 0 Å². The minimum absolute atomic E-state index is 0.185. The second kappa shape index (κ2) is 3.55. The summed E-state index contributed by atoms with van der Waals surface area (Å²) in [7, 11) is 0. The molecule has 0 atom stereocenters. The standard InChI is InChI=1S/C9H7FN2O2/c10-7-3-1-2-6(4-7)9-11-8(5-13)12-14-9/h1-4,13H,5H2. The molecule has 1 aromatic carbocycles. The average molecular weight is 194 g/mol. The minimum Gasteiger partial charge on any atom is -0.388 e. The van der Waals surface area contributed by atoms with Gasteiger partial charge in [0.2, 0.25) is 0 Å². The average Bonchev–Trinajstić information content (AvgIpc) is 2.66. The van der Waals surface area contributed by atoms with Crippen LogP contribution >= 0.6 is 0 Å². The lowest BCUT2D eigenvalue weighted by atomic mass is 10.2. The van der Waals surface area contributed by atoms with Crippen LogP contribution in [-0.2, 0) is 6.61 Å². The van der Waals surface area contributed by atoms with Gasteiger partial charge in [-0.15, -0.1) is 0 Å². The Labute approximate surface area is 79.0 Å². The predicted octanol–water partition coefficient (Wildman–Crippen LogP) is 1.37. The summed E-state index contributed by atoms with van der Waals surface area (Å²) in [6, 6.07) is 5.81. The van der Waals surface area contributed by atoms with Crippen molar-refractivity contribution in [3.05, 3.63) is 35.9 Å². The largest absolute Gasteiger partial charge is 0.388 e. The minimum atomic E-state index is -0.369. The van der Waals surface area contributed by atoms with Crippen molar-refractivity contribution in [3.63, 3.8) is 0 Å². The molecule has 0 amide bonds. The Morgan fingerprint density at radius 3 is 2.93 bits per heavy atom. The zero-order valence-corrected chi connectivity index (χ0v) is 7.14. The Morgan fingerprint density at radius 2 is 2.29 bits per heavy atom. The van der Waals surface area contributed by atoms with E-state index in [2.05, 4.69) is 10.1 Å². The molecule has 0 fully saturated rings. The van der Waals surface area contributed by atoms with E-state index in [4.69, 9.17) is 9.63 Å². The molecule has 0 radical (unpaired) electrons. The fraction of sp³-hybridized carbons (Fsp3) is 0.111. The first kappa shape index (κ1) is 8.83. The van der Waals surface area contributed by atoms with Gasteiger partial charge >= 0.3 is 0 Å². The number of hydrogen-bond acceptors (Lipinski definition) is 4. The van der Waals surface area contributed by atoms with Crippen LogP contribution in [0.4, 0.5) is 4.39 Å². The van der Waals surface area contributed by atoms with E-state index < -0.39 is 0 Å². The molecule has 0 bridgehead atoms. The SMILES string of the molecule is OCc1noc(-c2cccc(F)c2)n1. The van der Waals surface area contributed by atoms with Crippen molar-refractivity contribution in [1.82, 2.24) is 10.1 Å². The molecule has 0 aliphatic rings. The topological polar surface area (TPSA) is 59.2 Å². The molecule has 5 heteroatoms. The van der Waals surface area contributed by atoms with Gasteiger partial charge in [0.1, 0.15) is 12.4 Å². The van der Waals surface area contributed by atoms with Crippen LogP contribution in [0.2, 0.25) is 0 Å². The van der Waals surface area contributed by atoms with Crippen molar-refractivity contribution in [2.45, 2.75) is 6.61 Å². The van der Waals surface area contributed by atoms with Gasteiger partial charge in [-0.25, -0.2) is 4.39 Å². The van der Waals surface area contributed by atoms with Gasteiger partial charge in [-0.05, 0) is 18.2 Å². The third kappa shape index (κ3) is 1.62. The lowest BCUT2D eigenvalue weighted by Gasteiger charge is -1.92. The van der Waals surface area contributed by atoms with Crippen LogP contribution in [0.3, 0.4) is 0 Å². The number of aliphatic hydroxyl groups excluding tert-OH is 1. The van der Waals surface area contributed by atoms with E-state index in [0.717, 1.165) is 0 Å². The summed E-state index contributed by atoms with van der Waals surface area (Å²) < 4.78 is 17.6. The number of rotatable bonds is 2. The molecule has 0 saturated heterocycles. The van der Waals surface area contributed by atoms with Crippen LogP contribution in [0.1, 0.15) is 5.82 Å². The predicted molar refractivity (Wildman–Crippen MR) is 45.6 cm³/mol. The lowest BCUT2D eigenvalue weighted by molar-refractivity contribution is 0.264. The summed E-state index contributed by atoms with van der Waals surface area (Å²) >= 11 is 0. The first-order valence-corrected chi connectivity index (χ1v) is 3.99. The van der Waals surface area contributed by atoms with E-state index in [1.54, 1.807) is 12.1 Å². The van der Waals surface area contributed by atoms with E-state index in [0.29, 0.717) is 5.56 Å². The monoisotopic (exact) mass is 194 g/mol. The molecule has 0 saturated carbocycles. The van der Waals surface area contributed by atoms with E-state index in [1.807, 2.05) is 0 Å². The number of nitrogens with zero attached hydrogens (tertiary/aromatic N) is 2. The van der Waals surface area contributed by atoms with Crippen LogP contribution in [-0.4, -0.2) is 15.2 Å². The summed E-state index contributed by atoms with van der Waals surface area (Å²) in [5.74, 6) is 0.0176. The molecule has 1 N–H and O–H groups in total. The fourth-order valence-corrected chi connectivity index (χ4v) is 1.06. The van der Waals surface area contributed by atoms with E-state index in [1.165, 1.54) is 12.1 Å². The summed E-state index contributed by atoms with van der Waals surface area (Å²) in [6.07, 6.45) is 0. The summed E-state index contributed by atoms with van der Waals surface area (Å²) in [5, 5.41) is 12.2. The van der Waals surface area contributed by atoms with Gasteiger partial charge in [0, 0.05) is 5.56 Å². The zero-order chi connectivity index (χ0) is 9.97. The Kier molecular flexibility index (Phi) is 2.24. The molecule has 0 aliphatic carbocycles. The molecule has 4 nitrogen and oxygen atoms in total. The van der Waals surface area contributed by atoms with E-state index >= 15 is 0 Å². The van der Waals surface area contributed by atoms with Gasteiger partial charge in [-0.2, -0.15) is 4.98 Å². The highest BCUT2D eigenvalue weighted by Crippen LogP contribution is 2.17. The van der Waals surface area contributed by atoms with Crippen molar-refractivity contribution < 1.29 is 14.0 Å². The third-order valence-electron chi connectivity index (χ3n) is 1.68. The fourth-order valence-electron chi connectivity index (χ4n) is 1.06. The number of benzene rings is 1. The molecule has 1 aromatic heterocycles. The molecular weight excluding hydrogens is 187 g/mol. The molecule has 2 aromatic rings. The quantitative estimate of drug-likeness (QED) is 0.784. The zero-order valence-electron chi connectivity index (χ0n) is 7.14. The van der Waals surface area contributed by atoms with Gasteiger partial charge in [-0.1, -0.05) is 11.2 Å². The first-order chi connectivity index (χ1) is 6.79. The van der Waals surface area contributed by atoms with Crippen LogP contribution in [0, 0.1) is 5.82 Å². The molecule has 14 heavy (non-hydrogen) atoms. The van der Waals surface area contributed by atoms with E-state index in [-0.39, 0.29) is 24.1 Å². The second-order valence-corrected chi connectivity index (χ2v) is 2.68. The normalized spacial score (nSPS) is 10.4. The van der Waals surface area contributed by atoms with Crippen LogP contribution in [0.15, 0.2) is 28.8 Å². The summed E-state index contributed by atoms with van der Waals surface area (Å²) in [6.45, 7) is -0.293. The Morgan fingerprint density at radius 1 is 1.43 bits per heavy atom. The van der Waals surface area contributed by atoms with Gasteiger partial charge < -0.3 is 9.63 Å². The summed E-state index contributed by atoms with van der Waals surface area (Å²) in [4.78, 5) is 3.85. The molecule has 1 heterocycles. The lowest BCUT2D eigenvalue weighted by Crippen LogP contribution is -1.85. The number of aromatic nitrogens is 2. The number of aliphatic hydroxyl groups is 1. The van der Waals surface area contributed by atoms with Crippen molar-refractivity contribution in [3.8, 4) is 11.5 Å². The van der Waals surface area contributed by atoms with Crippen molar-refractivity contribution in [2.75, 3.05) is 0 Å². The van der Waals surface area contributed by atoms with Gasteiger partial charge in [0.25, 0.3) is 5.89 Å². The highest BCUT2D eigenvalue weighted by Gasteiger charge is 2.07. The third-order valence-corrected chi connectivity index (χ3v) is 1.68. The van der Waals surface area contributed by atoms with Crippen LogP contribution < -0.4 is 0 Å². The maximum atomic E-state index is 12.8. The highest BCUT2D eigenvalue weighted by atomic mass is 19.1. The molecule has 0 spiro atoms. The maximum absolute atomic E-state index is 12.8. The van der Waals surface area contributed by atoms with Gasteiger partial charge in [0.15, 0.2) is 5.82 Å². The molecule has 72 valence electrons. The van der Waals surface area contributed by atoms with Crippen molar-refractivity contribution >= 4 is 0 Å². The summed E-state index contributed by atoms with van der Waals surface area (Å²) in [5.41, 5.74) is 0.497. The number of halogens is 1. The molecule has 2 rings (SSSR count). The van der Waals surface area contributed by atoms with Crippen molar-refractivity contribution in [2.24, 2.45) is 0 Å². The van der Waals surface area contributed by atoms with Gasteiger partial charge in [-0.3, -0.25) is 0 Å². The number of hydrogen-bond donors (Lipinski definition) is 1. The highest BCUT2D eigenvalue weighted by molar-refractivity contribution is 5.52. The first-order valence-electron chi connectivity index (χ1n) is 3.99. The maximum Gasteiger partial charge on any atom is 0.258 e. The van der Waals surface area contributed by atoms with Gasteiger partial charge in [0.05, 0.1) is 0 Å². The molecule has 0 aliphatic heterocycles. The second-order valence-electron chi connectivity index (χ2n) is 2.68.